The first-order chi connectivity index (χ1) is 13.3. The summed E-state index contributed by atoms with van der Waals surface area (Å²) in [6.45, 7) is 8.34. The van der Waals surface area contributed by atoms with Gasteiger partial charge in [-0.25, -0.2) is 0 Å². The summed E-state index contributed by atoms with van der Waals surface area (Å²) in [6.07, 6.45) is 2.87. The van der Waals surface area contributed by atoms with Crippen molar-refractivity contribution < 1.29 is 14.3 Å². The van der Waals surface area contributed by atoms with Gasteiger partial charge in [0.2, 0.25) is 0 Å². The van der Waals surface area contributed by atoms with Gasteiger partial charge in [-0.05, 0) is 37.5 Å². The molecule has 2 amide bonds. The quantitative estimate of drug-likeness (QED) is 0.548. The van der Waals surface area contributed by atoms with E-state index in [1.807, 2.05) is 32.0 Å². The number of ether oxygens (including phenoxy) is 1. The van der Waals surface area contributed by atoms with Gasteiger partial charge in [-0.3, -0.25) is 25.1 Å². The maximum Gasteiger partial charge on any atom is 0.276 e. The van der Waals surface area contributed by atoms with E-state index in [9.17, 15) is 9.59 Å². The Bertz CT molecular complexity index is 874. The summed E-state index contributed by atoms with van der Waals surface area (Å²) in [5.74, 6) is 0.0571. The second-order valence-electron chi connectivity index (χ2n) is 6.79. The lowest BCUT2D eigenvalue weighted by atomic mass is 10.2. The summed E-state index contributed by atoms with van der Waals surface area (Å²) >= 11 is 6.33. The molecule has 0 saturated heterocycles. The zero-order valence-corrected chi connectivity index (χ0v) is 17.2. The average Bonchev–Trinajstić information content (AvgIpc) is 2.90. The lowest BCUT2D eigenvalue weighted by Crippen LogP contribution is -2.43. The third kappa shape index (κ3) is 6.13. The van der Waals surface area contributed by atoms with Crippen LogP contribution in [0.15, 0.2) is 30.3 Å². The normalized spacial score (nSPS) is 11.1. The van der Waals surface area contributed by atoms with Gasteiger partial charge in [0, 0.05) is 18.2 Å². The number of aromatic nitrogens is 2. The number of rotatable bonds is 7. The highest BCUT2D eigenvalue weighted by atomic mass is 35.5. The molecule has 2 aromatic rings. The Hall–Kier alpha value is -2.80. The number of amides is 2. The molecule has 150 valence electrons. The van der Waals surface area contributed by atoms with Crippen molar-refractivity contribution in [3.63, 3.8) is 0 Å². The van der Waals surface area contributed by atoms with E-state index >= 15 is 0 Å². The highest BCUT2D eigenvalue weighted by Crippen LogP contribution is 2.22. The van der Waals surface area contributed by atoms with E-state index in [-0.39, 0.29) is 6.61 Å². The standard InChI is InChI=1S/C20H25ClN4O3/c1-13(2)11-25-20(21)16(15(4)24-25)9-10-18(26)22-23-19(27)12-28-17-8-6-5-7-14(17)3/h5-10,13H,11-12H2,1-4H3,(H,22,26)(H,23,27)/b10-9+. The molecule has 1 aromatic heterocycles. The van der Waals surface area contributed by atoms with Crippen molar-refractivity contribution in [2.45, 2.75) is 34.2 Å². The van der Waals surface area contributed by atoms with Gasteiger partial charge in [-0.15, -0.1) is 0 Å². The van der Waals surface area contributed by atoms with Crippen LogP contribution in [0, 0.1) is 19.8 Å². The van der Waals surface area contributed by atoms with E-state index in [0.717, 1.165) is 11.3 Å². The highest BCUT2D eigenvalue weighted by Gasteiger charge is 2.12. The minimum absolute atomic E-state index is 0.207. The Kier molecular flexibility index (Phi) is 7.63. The lowest BCUT2D eigenvalue weighted by molar-refractivity contribution is -0.128. The number of hydrogen-bond donors (Lipinski definition) is 2. The fraction of sp³-hybridized carbons (Fsp3) is 0.350. The van der Waals surface area contributed by atoms with Gasteiger partial charge in [0.15, 0.2) is 6.61 Å². The first-order valence-electron chi connectivity index (χ1n) is 8.96. The van der Waals surface area contributed by atoms with Crippen LogP contribution >= 0.6 is 11.6 Å². The molecule has 0 aliphatic heterocycles. The summed E-state index contributed by atoms with van der Waals surface area (Å²) in [5.41, 5.74) is 6.93. The SMILES string of the molecule is Cc1ccccc1OCC(=O)NNC(=O)/C=C/c1c(C)nn(CC(C)C)c1Cl. The third-order valence-electron chi connectivity index (χ3n) is 3.83. The third-order valence-corrected chi connectivity index (χ3v) is 4.23. The van der Waals surface area contributed by atoms with Crippen LogP contribution in [0.25, 0.3) is 6.08 Å². The van der Waals surface area contributed by atoms with Gasteiger partial charge in [-0.2, -0.15) is 5.10 Å². The Morgan fingerprint density at radius 1 is 1.25 bits per heavy atom. The van der Waals surface area contributed by atoms with Crippen LogP contribution in [0.1, 0.15) is 30.7 Å². The van der Waals surface area contributed by atoms with Crippen molar-refractivity contribution >= 4 is 29.5 Å². The van der Waals surface area contributed by atoms with Gasteiger partial charge in [0.1, 0.15) is 10.9 Å². The zero-order chi connectivity index (χ0) is 20.7. The second kappa shape index (κ2) is 9.94. The fourth-order valence-corrected chi connectivity index (χ4v) is 2.76. The van der Waals surface area contributed by atoms with E-state index in [0.29, 0.717) is 28.9 Å². The van der Waals surface area contributed by atoms with Crippen molar-refractivity contribution in [3.8, 4) is 5.75 Å². The lowest BCUT2D eigenvalue weighted by Gasteiger charge is -2.09. The molecule has 2 rings (SSSR count). The molecule has 0 aliphatic rings. The van der Waals surface area contributed by atoms with Crippen LogP contribution in [0.3, 0.4) is 0 Å². The van der Waals surface area contributed by atoms with E-state index in [2.05, 4.69) is 29.8 Å². The summed E-state index contributed by atoms with van der Waals surface area (Å²) in [7, 11) is 0. The topological polar surface area (TPSA) is 85.2 Å². The average molecular weight is 405 g/mol. The summed E-state index contributed by atoms with van der Waals surface area (Å²) in [6, 6.07) is 7.37. The minimum atomic E-state index is -0.490. The molecular weight excluding hydrogens is 380 g/mol. The molecule has 7 nitrogen and oxygen atoms in total. The molecule has 1 aromatic carbocycles. The molecule has 0 radical (unpaired) electrons. The second-order valence-corrected chi connectivity index (χ2v) is 7.15. The molecule has 2 N–H and O–H groups in total. The van der Waals surface area contributed by atoms with Gasteiger partial charge in [0.05, 0.1) is 5.69 Å². The number of aryl methyl sites for hydroxylation is 2. The Labute approximate surface area is 169 Å². The summed E-state index contributed by atoms with van der Waals surface area (Å²) in [5, 5.41) is 4.86. The predicted molar refractivity (Wildman–Crippen MR) is 109 cm³/mol. The largest absolute Gasteiger partial charge is 0.483 e. The number of hydrogen-bond acceptors (Lipinski definition) is 4. The smallest absolute Gasteiger partial charge is 0.276 e. The molecule has 0 saturated carbocycles. The molecule has 0 unspecified atom stereocenters. The molecule has 0 fully saturated rings. The minimum Gasteiger partial charge on any atom is -0.483 e. The van der Waals surface area contributed by atoms with E-state index < -0.39 is 11.8 Å². The molecule has 28 heavy (non-hydrogen) atoms. The van der Waals surface area contributed by atoms with Crippen molar-refractivity contribution in [1.29, 1.82) is 0 Å². The van der Waals surface area contributed by atoms with Crippen LogP contribution in [-0.4, -0.2) is 28.2 Å². The number of hydrazine groups is 1. The van der Waals surface area contributed by atoms with Crippen LogP contribution in [0.5, 0.6) is 5.75 Å². The fourth-order valence-electron chi connectivity index (χ4n) is 2.45. The van der Waals surface area contributed by atoms with Crippen LogP contribution in [0.2, 0.25) is 5.15 Å². The first-order valence-corrected chi connectivity index (χ1v) is 9.34. The molecule has 0 aliphatic carbocycles. The maximum atomic E-state index is 11.9. The number of carbonyl (C=O) groups excluding carboxylic acids is 2. The highest BCUT2D eigenvalue weighted by molar-refractivity contribution is 6.31. The van der Waals surface area contributed by atoms with E-state index in [1.54, 1.807) is 16.8 Å². The number of nitrogens with one attached hydrogen (secondary N) is 2. The van der Waals surface area contributed by atoms with Gasteiger partial charge < -0.3 is 4.74 Å². The summed E-state index contributed by atoms with van der Waals surface area (Å²) < 4.78 is 7.13. The predicted octanol–water partition coefficient (Wildman–Crippen LogP) is 3.05. The Morgan fingerprint density at radius 2 is 1.96 bits per heavy atom. The van der Waals surface area contributed by atoms with Crippen LogP contribution in [-0.2, 0) is 16.1 Å². The Morgan fingerprint density at radius 3 is 2.64 bits per heavy atom. The molecule has 0 atom stereocenters. The van der Waals surface area contributed by atoms with Gasteiger partial charge in [0.25, 0.3) is 11.8 Å². The first kappa shape index (κ1) is 21.5. The Balaban J connectivity index is 1.84. The summed E-state index contributed by atoms with van der Waals surface area (Å²) in [4.78, 5) is 23.7. The molecule has 1 heterocycles. The number of nitrogens with zero attached hydrogens (tertiary/aromatic N) is 2. The molecular formula is C20H25ClN4O3. The van der Waals surface area contributed by atoms with Crippen molar-refractivity contribution in [3.05, 3.63) is 52.3 Å². The number of benzene rings is 1. The van der Waals surface area contributed by atoms with E-state index in [1.165, 1.54) is 6.08 Å². The van der Waals surface area contributed by atoms with Gasteiger partial charge >= 0.3 is 0 Å². The van der Waals surface area contributed by atoms with Gasteiger partial charge in [-0.1, -0.05) is 43.6 Å². The molecule has 0 bridgehead atoms. The number of halogens is 1. The molecule has 0 spiro atoms. The zero-order valence-electron chi connectivity index (χ0n) is 16.5. The molecule has 8 heteroatoms. The van der Waals surface area contributed by atoms with Crippen molar-refractivity contribution in [2.75, 3.05) is 6.61 Å². The van der Waals surface area contributed by atoms with Crippen LogP contribution in [0.4, 0.5) is 0 Å². The number of para-hydroxylation sites is 1. The van der Waals surface area contributed by atoms with E-state index in [4.69, 9.17) is 16.3 Å². The monoisotopic (exact) mass is 404 g/mol. The van der Waals surface area contributed by atoms with Crippen molar-refractivity contribution in [2.24, 2.45) is 5.92 Å². The number of carbonyl (C=O) groups is 2. The van der Waals surface area contributed by atoms with Crippen LogP contribution < -0.4 is 15.6 Å². The van der Waals surface area contributed by atoms with Crippen molar-refractivity contribution in [1.82, 2.24) is 20.6 Å². The maximum absolute atomic E-state index is 11.9.